The third-order valence-electron chi connectivity index (χ3n) is 3.10. The number of anilines is 1. The van der Waals surface area contributed by atoms with Gasteiger partial charge < -0.3 is 5.32 Å². The third-order valence-corrected chi connectivity index (χ3v) is 6.01. The number of rotatable bonds is 5. The molecule has 0 aliphatic carbocycles. The van der Waals surface area contributed by atoms with Crippen LogP contribution in [0, 0.1) is 0 Å². The molecule has 20 heavy (non-hydrogen) atoms. The number of nitrogens with one attached hydrogen (secondary N) is 1. The number of hydrogen-bond donors (Lipinski definition) is 1. The van der Waals surface area contributed by atoms with Gasteiger partial charge in [-0.2, -0.15) is 16.1 Å². The Morgan fingerprint density at radius 3 is 3.05 bits per heavy atom. The van der Waals surface area contributed by atoms with Crippen LogP contribution in [-0.4, -0.2) is 48.8 Å². The van der Waals surface area contributed by atoms with Crippen molar-refractivity contribution in [3.8, 4) is 0 Å². The highest BCUT2D eigenvalue weighted by molar-refractivity contribution is 7.99. The first-order valence-electron chi connectivity index (χ1n) is 6.93. The first kappa shape index (κ1) is 15.6. The summed E-state index contributed by atoms with van der Waals surface area (Å²) in [5, 5.41) is 3.30. The quantitative estimate of drug-likeness (QED) is 0.901. The molecule has 2 rings (SSSR count). The molecule has 1 aromatic rings. The highest BCUT2D eigenvalue weighted by atomic mass is 32.2. The Morgan fingerprint density at radius 2 is 2.25 bits per heavy atom. The van der Waals surface area contributed by atoms with E-state index in [0.29, 0.717) is 18.8 Å². The molecule has 7 heteroatoms. The van der Waals surface area contributed by atoms with Gasteiger partial charge in [-0.05, 0) is 30.7 Å². The fraction of sp³-hybridized carbons (Fsp3) is 0.615. The maximum Gasteiger partial charge on any atom is 0.262 e. The number of hydrogen-bond acceptors (Lipinski definition) is 5. The lowest BCUT2D eigenvalue weighted by molar-refractivity contribution is 0.433. The average molecular weight is 315 g/mol. The summed E-state index contributed by atoms with van der Waals surface area (Å²) < 4.78 is 27.0. The van der Waals surface area contributed by atoms with E-state index < -0.39 is 10.0 Å². The molecule has 0 saturated carbocycles. The molecule has 1 aromatic heterocycles. The third kappa shape index (κ3) is 3.65. The summed E-state index contributed by atoms with van der Waals surface area (Å²) in [4.78, 5) is 4.11. The van der Waals surface area contributed by atoms with Crippen molar-refractivity contribution < 1.29 is 8.42 Å². The standard InChI is InChI=1S/C13H21N3O2S2/c1-2-6-14-12-5-3-7-15-13(12)20(17,18)16-8-4-10-19-11-9-16/h3,5,7,14H,2,4,6,8-11H2,1H3. The van der Waals surface area contributed by atoms with E-state index in [-0.39, 0.29) is 5.03 Å². The van der Waals surface area contributed by atoms with E-state index in [1.54, 1.807) is 28.2 Å². The van der Waals surface area contributed by atoms with Gasteiger partial charge in [0.15, 0.2) is 5.03 Å². The molecule has 1 saturated heterocycles. The van der Waals surface area contributed by atoms with Gasteiger partial charge in [-0.3, -0.25) is 0 Å². The van der Waals surface area contributed by atoms with Gasteiger partial charge in [0.25, 0.3) is 10.0 Å². The van der Waals surface area contributed by atoms with E-state index in [4.69, 9.17) is 0 Å². The van der Waals surface area contributed by atoms with Crippen molar-refractivity contribution in [3.63, 3.8) is 0 Å². The molecule has 0 aromatic carbocycles. The molecule has 112 valence electrons. The molecule has 0 bridgehead atoms. The number of thioether (sulfide) groups is 1. The summed E-state index contributed by atoms with van der Waals surface area (Å²) in [6.45, 7) is 3.93. The van der Waals surface area contributed by atoms with Gasteiger partial charge in [0.1, 0.15) is 0 Å². The number of sulfonamides is 1. The predicted octanol–water partition coefficient (Wildman–Crippen LogP) is 2.03. The molecule has 0 atom stereocenters. The molecular weight excluding hydrogens is 294 g/mol. The topological polar surface area (TPSA) is 62.3 Å². The van der Waals surface area contributed by atoms with Crippen LogP contribution in [0.2, 0.25) is 0 Å². The van der Waals surface area contributed by atoms with Crippen molar-refractivity contribution in [1.82, 2.24) is 9.29 Å². The molecule has 0 spiro atoms. The van der Waals surface area contributed by atoms with Crippen LogP contribution in [-0.2, 0) is 10.0 Å². The monoisotopic (exact) mass is 315 g/mol. The zero-order valence-corrected chi connectivity index (χ0v) is 13.3. The largest absolute Gasteiger partial charge is 0.383 e. The summed E-state index contributed by atoms with van der Waals surface area (Å²) in [5.41, 5.74) is 0.603. The summed E-state index contributed by atoms with van der Waals surface area (Å²) in [7, 11) is -3.50. The second-order valence-corrected chi connectivity index (χ2v) is 7.73. The molecule has 1 aliphatic heterocycles. The van der Waals surface area contributed by atoms with Crippen LogP contribution in [0.1, 0.15) is 19.8 Å². The minimum absolute atomic E-state index is 0.153. The van der Waals surface area contributed by atoms with E-state index in [1.807, 2.05) is 6.92 Å². The van der Waals surface area contributed by atoms with E-state index in [9.17, 15) is 8.42 Å². The lowest BCUT2D eigenvalue weighted by atomic mass is 10.4. The zero-order chi connectivity index (χ0) is 14.4. The zero-order valence-electron chi connectivity index (χ0n) is 11.7. The van der Waals surface area contributed by atoms with E-state index in [2.05, 4.69) is 10.3 Å². The van der Waals surface area contributed by atoms with Gasteiger partial charge in [0.2, 0.25) is 0 Å². The Kier molecular flexibility index (Phi) is 5.68. The Hall–Kier alpha value is -0.790. The maximum atomic E-state index is 12.7. The van der Waals surface area contributed by atoms with E-state index in [0.717, 1.165) is 30.9 Å². The summed E-state index contributed by atoms with van der Waals surface area (Å²) in [5.74, 6) is 1.87. The van der Waals surface area contributed by atoms with Gasteiger partial charge in [-0.25, -0.2) is 13.4 Å². The number of aromatic nitrogens is 1. The van der Waals surface area contributed by atoms with Crippen LogP contribution < -0.4 is 5.32 Å². The van der Waals surface area contributed by atoms with Crippen LogP contribution in [0.5, 0.6) is 0 Å². The van der Waals surface area contributed by atoms with Gasteiger partial charge in [-0.15, -0.1) is 0 Å². The summed E-state index contributed by atoms with van der Waals surface area (Å²) >= 11 is 1.81. The molecule has 2 heterocycles. The normalized spacial score (nSPS) is 17.6. The average Bonchev–Trinajstić information content (AvgIpc) is 2.75. The Balaban J connectivity index is 2.28. The molecule has 5 nitrogen and oxygen atoms in total. The lowest BCUT2D eigenvalue weighted by Gasteiger charge is -2.20. The predicted molar refractivity (Wildman–Crippen MR) is 83.7 cm³/mol. The number of pyridine rings is 1. The first-order chi connectivity index (χ1) is 9.66. The van der Waals surface area contributed by atoms with Gasteiger partial charge in [0, 0.05) is 31.6 Å². The van der Waals surface area contributed by atoms with Gasteiger partial charge in [-0.1, -0.05) is 6.92 Å². The van der Waals surface area contributed by atoms with Crippen molar-refractivity contribution in [2.45, 2.75) is 24.8 Å². The van der Waals surface area contributed by atoms with Crippen molar-refractivity contribution in [2.24, 2.45) is 0 Å². The van der Waals surface area contributed by atoms with Gasteiger partial charge in [0.05, 0.1) is 5.69 Å². The maximum absolute atomic E-state index is 12.7. The minimum Gasteiger partial charge on any atom is -0.383 e. The van der Waals surface area contributed by atoms with Crippen LogP contribution in [0.4, 0.5) is 5.69 Å². The first-order valence-corrected chi connectivity index (χ1v) is 9.52. The number of nitrogens with zero attached hydrogens (tertiary/aromatic N) is 2. The molecule has 1 aliphatic rings. The molecule has 0 amide bonds. The smallest absolute Gasteiger partial charge is 0.262 e. The second-order valence-electron chi connectivity index (χ2n) is 4.65. The molecule has 0 radical (unpaired) electrons. The Bertz CT molecular complexity index is 526. The van der Waals surface area contributed by atoms with E-state index in [1.165, 1.54) is 6.20 Å². The van der Waals surface area contributed by atoms with Crippen LogP contribution >= 0.6 is 11.8 Å². The molecular formula is C13H21N3O2S2. The van der Waals surface area contributed by atoms with E-state index >= 15 is 0 Å². The Morgan fingerprint density at radius 1 is 1.40 bits per heavy atom. The van der Waals surface area contributed by atoms with Crippen LogP contribution in [0.15, 0.2) is 23.4 Å². The molecule has 0 unspecified atom stereocenters. The highest BCUT2D eigenvalue weighted by Crippen LogP contribution is 2.24. The Labute approximate surface area is 125 Å². The molecule has 1 fully saturated rings. The van der Waals surface area contributed by atoms with Crippen molar-refractivity contribution in [3.05, 3.63) is 18.3 Å². The van der Waals surface area contributed by atoms with Crippen molar-refractivity contribution >= 4 is 27.5 Å². The van der Waals surface area contributed by atoms with Gasteiger partial charge >= 0.3 is 0 Å². The van der Waals surface area contributed by atoms with Crippen LogP contribution in [0.25, 0.3) is 0 Å². The van der Waals surface area contributed by atoms with Crippen molar-refractivity contribution in [2.75, 3.05) is 36.5 Å². The highest BCUT2D eigenvalue weighted by Gasteiger charge is 2.28. The minimum atomic E-state index is -3.50. The van der Waals surface area contributed by atoms with Crippen LogP contribution in [0.3, 0.4) is 0 Å². The molecule has 1 N–H and O–H groups in total. The van der Waals surface area contributed by atoms with Crippen molar-refractivity contribution in [1.29, 1.82) is 0 Å². The fourth-order valence-electron chi connectivity index (χ4n) is 2.08. The summed E-state index contributed by atoms with van der Waals surface area (Å²) in [6, 6.07) is 3.54. The fourth-order valence-corrected chi connectivity index (χ4v) is 4.64. The second kappa shape index (κ2) is 7.28. The SMILES string of the molecule is CCCNc1cccnc1S(=O)(=O)N1CCCSCC1. The summed E-state index contributed by atoms with van der Waals surface area (Å²) in [6.07, 6.45) is 3.37. The lowest BCUT2D eigenvalue weighted by Crippen LogP contribution is -2.34.